The molecular formula is C21H21NO4S. The molecule has 5 nitrogen and oxygen atoms in total. The minimum Gasteiger partial charge on any atom is -0.490 e. The molecule has 0 amide bonds. The van der Waals surface area contributed by atoms with Gasteiger partial charge in [-0.05, 0) is 43.3 Å². The highest BCUT2D eigenvalue weighted by atomic mass is 32.2. The van der Waals surface area contributed by atoms with Gasteiger partial charge in [-0.15, -0.1) is 0 Å². The molecule has 0 radical (unpaired) electrons. The normalized spacial score (nSPS) is 11.0. The first-order valence-electron chi connectivity index (χ1n) is 8.54. The first kappa shape index (κ1) is 18.8. The van der Waals surface area contributed by atoms with Gasteiger partial charge in [0, 0.05) is 0 Å². The molecule has 0 saturated carbocycles. The molecule has 3 rings (SSSR count). The van der Waals surface area contributed by atoms with Gasteiger partial charge in [-0.1, -0.05) is 48.0 Å². The standard InChI is InChI=1S/C21H21NO4S/c1-17-11-13-19(14-12-17)27(23,24)22-20-9-5-6-10-21(20)26-16-15-25-18-7-3-2-4-8-18/h2-14,22H,15-16H2,1H3. The third-order valence-electron chi connectivity index (χ3n) is 3.82. The minimum absolute atomic E-state index is 0.204. The number of benzene rings is 3. The number of anilines is 1. The van der Waals surface area contributed by atoms with Gasteiger partial charge < -0.3 is 9.47 Å². The Labute approximate surface area is 159 Å². The predicted octanol–water partition coefficient (Wildman–Crippen LogP) is 4.25. The molecule has 0 aliphatic heterocycles. The van der Waals surface area contributed by atoms with Crippen LogP contribution >= 0.6 is 0 Å². The average molecular weight is 383 g/mol. The van der Waals surface area contributed by atoms with Gasteiger partial charge in [-0.3, -0.25) is 4.72 Å². The Bertz CT molecular complexity index is 971. The van der Waals surface area contributed by atoms with Crippen LogP contribution in [0.4, 0.5) is 5.69 Å². The van der Waals surface area contributed by atoms with Crippen molar-refractivity contribution in [2.24, 2.45) is 0 Å². The van der Waals surface area contributed by atoms with E-state index in [0.717, 1.165) is 11.3 Å². The summed E-state index contributed by atoms with van der Waals surface area (Å²) in [6, 6.07) is 23.0. The van der Waals surface area contributed by atoms with Crippen molar-refractivity contribution in [3.05, 3.63) is 84.4 Å². The maximum atomic E-state index is 12.6. The molecule has 0 spiro atoms. The lowest BCUT2D eigenvalue weighted by molar-refractivity contribution is 0.218. The van der Waals surface area contributed by atoms with Gasteiger partial charge in [-0.2, -0.15) is 0 Å². The highest BCUT2D eigenvalue weighted by molar-refractivity contribution is 7.92. The molecule has 0 atom stereocenters. The molecule has 1 N–H and O–H groups in total. The summed E-state index contributed by atoms with van der Waals surface area (Å²) in [6.45, 7) is 2.55. The van der Waals surface area contributed by atoms with Gasteiger partial charge >= 0.3 is 0 Å². The Morgan fingerprint density at radius 1 is 0.778 bits per heavy atom. The van der Waals surface area contributed by atoms with Crippen LogP contribution in [0.2, 0.25) is 0 Å². The van der Waals surface area contributed by atoms with E-state index in [0.29, 0.717) is 18.0 Å². The summed E-state index contributed by atoms with van der Waals surface area (Å²) >= 11 is 0. The van der Waals surface area contributed by atoms with Crippen LogP contribution in [0, 0.1) is 6.92 Å². The second kappa shape index (κ2) is 8.60. The van der Waals surface area contributed by atoms with E-state index in [1.165, 1.54) is 0 Å². The fraction of sp³-hybridized carbons (Fsp3) is 0.143. The summed E-state index contributed by atoms with van der Waals surface area (Å²) in [5.74, 6) is 1.21. The van der Waals surface area contributed by atoms with Crippen LogP contribution < -0.4 is 14.2 Å². The minimum atomic E-state index is -3.69. The molecule has 0 aliphatic rings. The second-order valence-corrected chi connectivity index (χ2v) is 7.61. The number of ether oxygens (including phenoxy) is 2. The molecule has 3 aromatic rings. The lowest BCUT2D eigenvalue weighted by Gasteiger charge is -2.14. The van der Waals surface area contributed by atoms with Crippen molar-refractivity contribution in [2.75, 3.05) is 17.9 Å². The molecule has 0 bridgehead atoms. The molecular weight excluding hydrogens is 362 g/mol. The molecule has 6 heteroatoms. The number of aryl methyl sites for hydroxylation is 1. The van der Waals surface area contributed by atoms with Crippen LogP contribution in [-0.2, 0) is 10.0 Å². The van der Waals surface area contributed by atoms with Gasteiger partial charge in [-0.25, -0.2) is 8.42 Å². The molecule has 3 aromatic carbocycles. The van der Waals surface area contributed by atoms with Crippen molar-refractivity contribution in [3.63, 3.8) is 0 Å². The topological polar surface area (TPSA) is 64.6 Å². The monoisotopic (exact) mass is 383 g/mol. The largest absolute Gasteiger partial charge is 0.490 e. The van der Waals surface area contributed by atoms with Crippen molar-refractivity contribution >= 4 is 15.7 Å². The fourth-order valence-electron chi connectivity index (χ4n) is 2.43. The van der Waals surface area contributed by atoms with E-state index in [1.54, 1.807) is 48.5 Å². The van der Waals surface area contributed by atoms with Crippen LogP contribution in [0.1, 0.15) is 5.56 Å². The van der Waals surface area contributed by atoms with E-state index < -0.39 is 10.0 Å². The number of nitrogens with one attached hydrogen (secondary N) is 1. The Balaban J connectivity index is 1.64. The highest BCUT2D eigenvalue weighted by Gasteiger charge is 2.16. The molecule has 0 unspecified atom stereocenters. The van der Waals surface area contributed by atoms with Crippen LogP contribution in [-0.4, -0.2) is 21.6 Å². The zero-order valence-electron chi connectivity index (χ0n) is 15.0. The van der Waals surface area contributed by atoms with Crippen LogP contribution in [0.3, 0.4) is 0 Å². The zero-order valence-corrected chi connectivity index (χ0v) is 15.8. The summed E-state index contributed by atoms with van der Waals surface area (Å²) in [6.07, 6.45) is 0. The van der Waals surface area contributed by atoms with Crippen molar-refractivity contribution in [1.82, 2.24) is 0 Å². The molecule has 0 fully saturated rings. The molecule has 0 aliphatic carbocycles. The van der Waals surface area contributed by atoms with Crippen LogP contribution in [0.15, 0.2) is 83.8 Å². The van der Waals surface area contributed by atoms with Gasteiger partial charge in [0.15, 0.2) is 0 Å². The first-order valence-corrected chi connectivity index (χ1v) is 10.0. The third-order valence-corrected chi connectivity index (χ3v) is 5.20. The predicted molar refractivity (Wildman–Crippen MR) is 106 cm³/mol. The fourth-order valence-corrected chi connectivity index (χ4v) is 3.50. The zero-order chi connectivity index (χ0) is 19.1. The molecule has 0 aromatic heterocycles. The first-order chi connectivity index (χ1) is 13.0. The van der Waals surface area contributed by atoms with E-state index >= 15 is 0 Å². The Kier molecular flexibility index (Phi) is 5.98. The van der Waals surface area contributed by atoms with Gasteiger partial charge in [0.05, 0.1) is 10.6 Å². The summed E-state index contributed by atoms with van der Waals surface area (Å²) in [5.41, 5.74) is 1.38. The van der Waals surface area contributed by atoms with E-state index in [2.05, 4.69) is 4.72 Å². The summed E-state index contributed by atoms with van der Waals surface area (Å²) in [7, 11) is -3.69. The second-order valence-electron chi connectivity index (χ2n) is 5.92. The van der Waals surface area contributed by atoms with Gasteiger partial charge in [0.1, 0.15) is 24.7 Å². The highest BCUT2D eigenvalue weighted by Crippen LogP contribution is 2.26. The third kappa shape index (κ3) is 5.24. The molecule has 140 valence electrons. The summed E-state index contributed by atoms with van der Waals surface area (Å²) in [5, 5.41) is 0. The number of hydrogen-bond acceptors (Lipinski definition) is 4. The van der Waals surface area contributed by atoms with E-state index in [1.807, 2.05) is 37.3 Å². The Hall–Kier alpha value is -2.99. The van der Waals surface area contributed by atoms with Crippen molar-refractivity contribution in [3.8, 4) is 11.5 Å². The van der Waals surface area contributed by atoms with Gasteiger partial charge in [0.25, 0.3) is 10.0 Å². The maximum absolute atomic E-state index is 12.6. The average Bonchev–Trinajstić information content (AvgIpc) is 2.67. The molecule has 27 heavy (non-hydrogen) atoms. The van der Waals surface area contributed by atoms with E-state index in [-0.39, 0.29) is 11.5 Å². The Morgan fingerprint density at radius 2 is 1.41 bits per heavy atom. The van der Waals surface area contributed by atoms with Crippen molar-refractivity contribution < 1.29 is 17.9 Å². The molecule has 0 heterocycles. The lowest BCUT2D eigenvalue weighted by atomic mass is 10.2. The SMILES string of the molecule is Cc1ccc(S(=O)(=O)Nc2ccccc2OCCOc2ccccc2)cc1. The van der Waals surface area contributed by atoms with Crippen LogP contribution in [0.25, 0.3) is 0 Å². The number of rotatable bonds is 8. The van der Waals surface area contributed by atoms with E-state index in [9.17, 15) is 8.42 Å². The summed E-state index contributed by atoms with van der Waals surface area (Å²) in [4.78, 5) is 0.204. The molecule has 0 saturated heterocycles. The lowest BCUT2D eigenvalue weighted by Crippen LogP contribution is -2.15. The van der Waals surface area contributed by atoms with Crippen molar-refractivity contribution in [1.29, 1.82) is 0 Å². The summed E-state index contributed by atoms with van der Waals surface area (Å²) < 4.78 is 39.1. The van der Waals surface area contributed by atoms with Gasteiger partial charge in [0.2, 0.25) is 0 Å². The van der Waals surface area contributed by atoms with E-state index in [4.69, 9.17) is 9.47 Å². The van der Waals surface area contributed by atoms with Crippen LogP contribution in [0.5, 0.6) is 11.5 Å². The Morgan fingerprint density at radius 3 is 2.15 bits per heavy atom. The quantitative estimate of drug-likeness (QED) is 0.591. The van der Waals surface area contributed by atoms with Crippen molar-refractivity contribution in [2.45, 2.75) is 11.8 Å². The number of sulfonamides is 1. The maximum Gasteiger partial charge on any atom is 0.262 e. The number of hydrogen-bond donors (Lipinski definition) is 1. The smallest absolute Gasteiger partial charge is 0.262 e. The number of para-hydroxylation sites is 3.